The molecule has 0 radical (unpaired) electrons. The molecule has 0 unspecified atom stereocenters. The highest BCUT2D eigenvalue weighted by Crippen LogP contribution is 2.07. The zero-order chi connectivity index (χ0) is 7.33. The lowest BCUT2D eigenvalue weighted by atomic mass is 10.1. The minimum absolute atomic E-state index is 0.536. The Morgan fingerprint density at radius 1 is 1.33 bits per heavy atom. The second kappa shape index (κ2) is 3.67. The first-order valence-electron chi connectivity index (χ1n) is 3.43. The summed E-state index contributed by atoms with van der Waals surface area (Å²) in [5.41, 5.74) is -0.536. The topological polar surface area (TPSA) is 20.2 Å². The molecule has 0 fully saturated rings. The molecule has 0 aliphatic carbocycles. The molecule has 1 nitrogen and oxygen atoms in total. The van der Waals surface area contributed by atoms with Crippen LogP contribution in [0.3, 0.4) is 0 Å². The Morgan fingerprint density at radius 3 is 2.22 bits per heavy atom. The Morgan fingerprint density at radius 2 is 1.89 bits per heavy atom. The SMILES string of the molecule is CCC=CCC(C)(C)O. The molecule has 0 saturated heterocycles. The van der Waals surface area contributed by atoms with Crippen LogP contribution in [-0.4, -0.2) is 10.7 Å². The van der Waals surface area contributed by atoms with E-state index in [1.54, 1.807) is 0 Å². The number of aliphatic hydroxyl groups is 1. The van der Waals surface area contributed by atoms with Gasteiger partial charge < -0.3 is 5.11 Å². The van der Waals surface area contributed by atoms with E-state index in [4.69, 9.17) is 0 Å². The molecule has 1 N–H and O–H groups in total. The van der Waals surface area contributed by atoms with E-state index in [2.05, 4.69) is 13.0 Å². The lowest BCUT2D eigenvalue weighted by molar-refractivity contribution is 0.0838. The fourth-order valence-corrected chi connectivity index (χ4v) is 0.538. The summed E-state index contributed by atoms with van der Waals surface area (Å²) in [6.45, 7) is 5.71. The third-order valence-electron chi connectivity index (χ3n) is 1.02. The Kier molecular flexibility index (Phi) is 3.55. The van der Waals surface area contributed by atoms with Crippen molar-refractivity contribution in [3.63, 3.8) is 0 Å². The molecule has 0 bridgehead atoms. The minimum Gasteiger partial charge on any atom is -0.390 e. The molecule has 0 spiro atoms. The van der Waals surface area contributed by atoms with Gasteiger partial charge in [0.2, 0.25) is 0 Å². The third-order valence-corrected chi connectivity index (χ3v) is 1.02. The van der Waals surface area contributed by atoms with Crippen molar-refractivity contribution in [2.24, 2.45) is 0 Å². The van der Waals surface area contributed by atoms with Crippen molar-refractivity contribution >= 4 is 0 Å². The van der Waals surface area contributed by atoms with Crippen molar-refractivity contribution in [2.75, 3.05) is 0 Å². The summed E-state index contributed by atoms with van der Waals surface area (Å²) in [6.07, 6.45) is 5.88. The Balaban J connectivity index is 3.38. The van der Waals surface area contributed by atoms with Crippen LogP contribution in [0, 0.1) is 0 Å². The van der Waals surface area contributed by atoms with Gasteiger partial charge in [0, 0.05) is 0 Å². The quantitative estimate of drug-likeness (QED) is 0.577. The minimum atomic E-state index is -0.536. The molecule has 54 valence electrons. The van der Waals surface area contributed by atoms with Gasteiger partial charge in [0.1, 0.15) is 0 Å². The van der Waals surface area contributed by atoms with Crippen LogP contribution in [0.2, 0.25) is 0 Å². The average molecular weight is 128 g/mol. The lowest BCUT2D eigenvalue weighted by Gasteiger charge is -2.12. The number of hydrogen-bond acceptors (Lipinski definition) is 1. The predicted octanol–water partition coefficient (Wildman–Crippen LogP) is 2.11. The highest BCUT2D eigenvalue weighted by Gasteiger charge is 2.07. The molecular formula is C8H16O. The number of rotatable bonds is 3. The van der Waals surface area contributed by atoms with Crippen molar-refractivity contribution in [1.29, 1.82) is 0 Å². The van der Waals surface area contributed by atoms with Crippen molar-refractivity contribution in [2.45, 2.75) is 39.2 Å². The predicted molar refractivity (Wildman–Crippen MR) is 40.3 cm³/mol. The summed E-state index contributed by atoms with van der Waals surface area (Å²) in [7, 11) is 0. The fraction of sp³-hybridized carbons (Fsp3) is 0.750. The monoisotopic (exact) mass is 128 g/mol. The molecule has 0 saturated carbocycles. The highest BCUT2D eigenvalue weighted by atomic mass is 16.3. The zero-order valence-electron chi connectivity index (χ0n) is 6.52. The van der Waals surface area contributed by atoms with Crippen molar-refractivity contribution in [1.82, 2.24) is 0 Å². The standard InChI is InChI=1S/C8H16O/c1-4-5-6-7-8(2,3)9/h5-6,9H,4,7H2,1-3H3. The van der Waals surface area contributed by atoms with Gasteiger partial charge in [-0.15, -0.1) is 0 Å². The first kappa shape index (κ1) is 8.70. The molecule has 0 aromatic rings. The van der Waals surface area contributed by atoms with E-state index < -0.39 is 5.60 Å². The number of hydrogen-bond donors (Lipinski definition) is 1. The molecule has 9 heavy (non-hydrogen) atoms. The van der Waals surface area contributed by atoms with Gasteiger partial charge in [-0.25, -0.2) is 0 Å². The van der Waals surface area contributed by atoms with Gasteiger partial charge in [-0.1, -0.05) is 19.1 Å². The van der Waals surface area contributed by atoms with Gasteiger partial charge in [0.25, 0.3) is 0 Å². The van der Waals surface area contributed by atoms with Crippen LogP contribution in [0.15, 0.2) is 12.2 Å². The van der Waals surface area contributed by atoms with Crippen LogP contribution in [-0.2, 0) is 0 Å². The summed E-state index contributed by atoms with van der Waals surface area (Å²) < 4.78 is 0. The largest absolute Gasteiger partial charge is 0.390 e. The Bertz CT molecular complexity index is 87.2. The molecule has 1 heteroatoms. The molecule has 0 atom stereocenters. The second-order valence-corrected chi connectivity index (χ2v) is 2.90. The van der Waals surface area contributed by atoms with Crippen LogP contribution < -0.4 is 0 Å². The normalized spacial score (nSPS) is 12.9. The van der Waals surface area contributed by atoms with Gasteiger partial charge >= 0.3 is 0 Å². The molecule has 0 aromatic carbocycles. The van der Waals surface area contributed by atoms with Gasteiger partial charge in [-0.05, 0) is 26.7 Å². The van der Waals surface area contributed by atoms with E-state index in [0.29, 0.717) is 0 Å². The average Bonchev–Trinajstić information content (AvgIpc) is 1.63. The second-order valence-electron chi connectivity index (χ2n) is 2.90. The summed E-state index contributed by atoms with van der Waals surface area (Å²) in [4.78, 5) is 0. The van der Waals surface area contributed by atoms with Crippen LogP contribution >= 0.6 is 0 Å². The number of allylic oxidation sites excluding steroid dienone is 1. The smallest absolute Gasteiger partial charge is 0.0626 e. The third kappa shape index (κ3) is 7.70. The van der Waals surface area contributed by atoms with Crippen LogP contribution in [0.1, 0.15) is 33.6 Å². The summed E-state index contributed by atoms with van der Waals surface area (Å²) in [6, 6.07) is 0. The van der Waals surface area contributed by atoms with Crippen molar-refractivity contribution in [3.05, 3.63) is 12.2 Å². The van der Waals surface area contributed by atoms with Crippen LogP contribution in [0.4, 0.5) is 0 Å². The maximum atomic E-state index is 9.19. The first-order chi connectivity index (χ1) is 4.06. The molecule has 0 aliphatic heterocycles. The molecule has 0 rings (SSSR count). The van der Waals surface area contributed by atoms with Crippen molar-refractivity contribution < 1.29 is 5.11 Å². The van der Waals surface area contributed by atoms with Gasteiger partial charge in [-0.2, -0.15) is 0 Å². The van der Waals surface area contributed by atoms with Gasteiger partial charge in [0.05, 0.1) is 5.60 Å². The van der Waals surface area contributed by atoms with Gasteiger partial charge in [0.15, 0.2) is 0 Å². The molecule has 0 amide bonds. The first-order valence-corrected chi connectivity index (χ1v) is 3.43. The van der Waals surface area contributed by atoms with Crippen molar-refractivity contribution in [3.8, 4) is 0 Å². The Labute approximate surface area is 57.4 Å². The maximum absolute atomic E-state index is 9.19. The van der Waals surface area contributed by atoms with E-state index in [-0.39, 0.29) is 0 Å². The molecule has 0 aromatic heterocycles. The van der Waals surface area contributed by atoms with Gasteiger partial charge in [-0.3, -0.25) is 0 Å². The van der Waals surface area contributed by atoms with E-state index >= 15 is 0 Å². The summed E-state index contributed by atoms with van der Waals surface area (Å²) >= 11 is 0. The fourth-order valence-electron chi connectivity index (χ4n) is 0.538. The van der Waals surface area contributed by atoms with E-state index in [9.17, 15) is 5.11 Å². The lowest BCUT2D eigenvalue weighted by Crippen LogP contribution is -2.16. The maximum Gasteiger partial charge on any atom is 0.0626 e. The van der Waals surface area contributed by atoms with E-state index in [1.165, 1.54) is 0 Å². The molecule has 0 heterocycles. The zero-order valence-corrected chi connectivity index (χ0v) is 6.52. The Hall–Kier alpha value is -0.300. The van der Waals surface area contributed by atoms with E-state index in [0.717, 1.165) is 12.8 Å². The molecule has 0 aliphatic rings. The highest BCUT2D eigenvalue weighted by molar-refractivity contribution is 4.86. The molecular weight excluding hydrogens is 112 g/mol. The van der Waals surface area contributed by atoms with Crippen LogP contribution in [0.5, 0.6) is 0 Å². The van der Waals surface area contributed by atoms with Crippen LogP contribution in [0.25, 0.3) is 0 Å². The van der Waals surface area contributed by atoms with E-state index in [1.807, 2.05) is 19.9 Å². The summed E-state index contributed by atoms with van der Waals surface area (Å²) in [5.74, 6) is 0. The summed E-state index contributed by atoms with van der Waals surface area (Å²) in [5, 5.41) is 9.19.